The molecule has 2 fully saturated rings. The number of likely N-dealkylation sites (tertiary alicyclic amines) is 1. The highest BCUT2D eigenvalue weighted by Crippen LogP contribution is 2.29. The molecule has 9 heteroatoms. The van der Waals surface area contributed by atoms with E-state index < -0.39 is 22.2 Å². The summed E-state index contributed by atoms with van der Waals surface area (Å²) in [7, 11) is -2.31. The average molecular weight is 344 g/mol. The van der Waals surface area contributed by atoms with Crippen LogP contribution >= 0.6 is 0 Å². The molecule has 23 heavy (non-hydrogen) atoms. The van der Waals surface area contributed by atoms with Gasteiger partial charge in [-0.1, -0.05) is 0 Å². The first kappa shape index (κ1) is 16.4. The minimum absolute atomic E-state index is 0.0819. The van der Waals surface area contributed by atoms with Crippen LogP contribution in [0.2, 0.25) is 0 Å². The van der Waals surface area contributed by atoms with Gasteiger partial charge >= 0.3 is 0 Å². The molecule has 0 N–H and O–H groups in total. The van der Waals surface area contributed by atoms with Crippen molar-refractivity contribution in [2.75, 3.05) is 19.6 Å². The van der Waals surface area contributed by atoms with E-state index in [2.05, 4.69) is 4.98 Å². The van der Waals surface area contributed by atoms with E-state index in [0.717, 1.165) is 23.6 Å². The molecule has 0 bridgehead atoms. The number of carbonyl (C=O) groups excluding carboxylic acids is 1. The number of amides is 1. The lowest BCUT2D eigenvalue weighted by Gasteiger charge is -2.31. The first-order valence-electron chi connectivity index (χ1n) is 7.82. The highest BCUT2D eigenvalue weighted by atomic mass is 32.2. The summed E-state index contributed by atoms with van der Waals surface area (Å²) in [6, 6.07) is -0.963. The Balaban J connectivity index is 1.86. The van der Waals surface area contributed by atoms with Crippen molar-refractivity contribution in [3.05, 3.63) is 12.5 Å². The van der Waals surface area contributed by atoms with Crippen molar-refractivity contribution in [2.24, 2.45) is 7.05 Å². The number of halogens is 1. The number of rotatable bonds is 3. The van der Waals surface area contributed by atoms with Crippen molar-refractivity contribution in [3.8, 4) is 0 Å². The fourth-order valence-electron chi connectivity index (χ4n) is 3.21. The van der Waals surface area contributed by atoms with Crippen molar-refractivity contribution in [1.29, 1.82) is 0 Å². The molecule has 2 aliphatic rings. The summed E-state index contributed by atoms with van der Waals surface area (Å²) in [5, 5.41) is -0.148. The van der Waals surface area contributed by atoms with E-state index in [0.29, 0.717) is 13.1 Å². The smallest absolute Gasteiger partial charge is 0.262 e. The number of sulfonamides is 1. The summed E-state index contributed by atoms with van der Waals surface area (Å²) < 4.78 is 41.8. The van der Waals surface area contributed by atoms with Crippen LogP contribution in [0.25, 0.3) is 0 Å². The molecule has 128 valence electrons. The molecule has 1 aromatic heterocycles. The third-order valence-corrected chi connectivity index (χ3v) is 6.17. The second kappa shape index (κ2) is 6.20. The Kier molecular flexibility index (Phi) is 4.41. The number of hydrogen-bond donors (Lipinski definition) is 0. The molecular formula is C14H21FN4O3S. The van der Waals surface area contributed by atoms with Crippen molar-refractivity contribution in [2.45, 2.75) is 42.9 Å². The zero-order chi connectivity index (χ0) is 16.6. The van der Waals surface area contributed by atoms with Gasteiger partial charge in [0.15, 0.2) is 5.03 Å². The zero-order valence-corrected chi connectivity index (χ0v) is 13.9. The molecule has 1 aromatic rings. The number of alkyl halides is 1. The molecule has 2 aliphatic heterocycles. The zero-order valence-electron chi connectivity index (χ0n) is 13.1. The maximum Gasteiger partial charge on any atom is 0.262 e. The van der Waals surface area contributed by atoms with Crippen LogP contribution < -0.4 is 0 Å². The molecule has 3 heterocycles. The number of imidazole rings is 1. The minimum Gasteiger partial charge on any atom is -0.341 e. The van der Waals surface area contributed by atoms with Crippen LogP contribution in [-0.2, 0) is 21.9 Å². The largest absolute Gasteiger partial charge is 0.341 e. The van der Waals surface area contributed by atoms with Crippen molar-refractivity contribution in [3.63, 3.8) is 0 Å². The van der Waals surface area contributed by atoms with Crippen LogP contribution in [0.1, 0.15) is 25.7 Å². The molecule has 0 aliphatic carbocycles. The van der Waals surface area contributed by atoms with Gasteiger partial charge in [-0.3, -0.25) is 4.79 Å². The lowest BCUT2D eigenvalue weighted by atomic mass is 10.1. The van der Waals surface area contributed by atoms with Crippen LogP contribution in [0.5, 0.6) is 0 Å². The maximum absolute atomic E-state index is 13.9. The molecule has 0 radical (unpaired) electrons. The summed E-state index contributed by atoms with van der Waals surface area (Å²) in [6.07, 6.45) is 4.21. The van der Waals surface area contributed by atoms with Crippen LogP contribution in [-0.4, -0.2) is 64.9 Å². The molecule has 0 spiro atoms. The van der Waals surface area contributed by atoms with E-state index in [4.69, 9.17) is 0 Å². The number of nitrogens with zero attached hydrogens (tertiary/aromatic N) is 4. The van der Waals surface area contributed by atoms with E-state index in [9.17, 15) is 17.6 Å². The number of aromatic nitrogens is 2. The second-order valence-corrected chi connectivity index (χ2v) is 8.02. The van der Waals surface area contributed by atoms with Gasteiger partial charge in [0, 0.05) is 39.3 Å². The minimum atomic E-state index is -3.97. The molecule has 1 amide bonds. The highest BCUT2D eigenvalue weighted by molar-refractivity contribution is 7.89. The van der Waals surface area contributed by atoms with Gasteiger partial charge in [-0.25, -0.2) is 17.8 Å². The molecule has 3 rings (SSSR count). The Labute approximate surface area is 135 Å². The third-order valence-electron chi connectivity index (χ3n) is 4.41. The molecular weight excluding hydrogens is 323 g/mol. The molecule has 0 unspecified atom stereocenters. The van der Waals surface area contributed by atoms with E-state index in [1.165, 1.54) is 17.1 Å². The Hall–Kier alpha value is -1.48. The van der Waals surface area contributed by atoms with E-state index in [1.807, 2.05) is 0 Å². The Bertz CT molecular complexity index is 684. The van der Waals surface area contributed by atoms with Gasteiger partial charge in [-0.2, -0.15) is 4.31 Å². The lowest BCUT2D eigenvalue weighted by molar-refractivity contribution is -0.135. The summed E-state index contributed by atoms with van der Waals surface area (Å²) >= 11 is 0. The fraction of sp³-hybridized carbons (Fsp3) is 0.714. The topological polar surface area (TPSA) is 75.5 Å². The third kappa shape index (κ3) is 3.12. The van der Waals surface area contributed by atoms with Crippen LogP contribution in [0.4, 0.5) is 4.39 Å². The summed E-state index contributed by atoms with van der Waals surface area (Å²) in [5.74, 6) is -0.288. The Morgan fingerprint density at radius 3 is 2.61 bits per heavy atom. The van der Waals surface area contributed by atoms with Crippen LogP contribution in [0, 0.1) is 0 Å². The Morgan fingerprint density at radius 1 is 1.30 bits per heavy atom. The highest BCUT2D eigenvalue weighted by Gasteiger charge is 2.46. The van der Waals surface area contributed by atoms with Crippen molar-refractivity contribution < 1.29 is 17.6 Å². The first-order valence-corrected chi connectivity index (χ1v) is 9.26. The van der Waals surface area contributed by atoms with Crippen molar-refractivity contribution in [1.82, 2.24) is 18.8 Å². The monoisotopic (exact) mass is 344 g/mol. The quantitative estimate of drug-likeness (QED) is 0.802. The number of carbonyl (C=O) groups is 1. The van der Waals surface area contributed by atoms with Gasteiger partial charge < -0.3 is 9.47 Å². The predicted molar refractivity (Wildman–Crippen MR) is 80.8 cm³/mol. The SMILES string of the molecule is Cn1cnc(S(=O)(=O)N2C[C@@H](F)C[C@H]2C(=O)N2CCCCC2)c1. The maximum atomic E-state index is 13.9. The average Bonchev–Trinajstić information content (AvgIpc) is 3.14. The molecule has 2 saturated heterocycles. The van der Waals surface area contributed by atoms with E-state index in [1.54, 1.807) is 11.9 Å². The summed E-state index contributed by atoms with van der Waals surface area (Å²) in [5.41, 5.74) is 0. The molecule has 7 nitrogen and oxygen atoms in total. The number of hydrogen-bond acceptors (Lipinski definition) is 4. The first-order chi connectivity index (χ1) is 10.9. The van der Waals surface area contributed by atoms with E-state index in [-0.39, 0.29) is 23.9 Å². The lowest BCUT2D eigenvalue weighted by Crippen LogP contribution is -2.49. The standard InChI is InChI=1S/C14H21FN4O3S/c1-17-9-13(16-10-17)23(21,22)19-8-11(15)7-12(19)14(20)18-5-3-2-4-6-18/h9-12H,2-8H2,1H3/t11-,12-/m0/s1. The van der Waals surface area contributed by atoms with Crippen LogP contribution in [0.15, 0.2) is 17.6 Å². The van der Waals surface area contributed by atoms with Gasteiger partial charge in [0.25, 0.3) is 10.0 Å². The van der Waals surface area contributed by atoms with Gasteiger partial charge in [-0.05, 0) is 19.3 Å². The molecule has 0 saturated carbocycles. The van der Waals surface area contributed by atoms with Gasteiger partial charge in [0.2, 0.25) is 5.91 Å². The second-order valence-electron chi connectivity index (χ2n) is 6.19. The van der Waals surface area contributed by atoms with Gasteiger partial charge in [-0.15, -0.1) is 0 Å². The van der Waals surface area contributed by atoms with Crippen LogP contribution in [0.3, 0.4) is 0 Å². The molecule has 2 atom stereocenters. The van der Waals surface area contributed by atoms with Crippen molar-refractivity contribution >= 4 is 15.9 Å². The Morgan fingerprint density at radius 2 is 2.00 bits per heavy atom. The van der Waals surface area contributed by atoms with E-state index >= 15 is 0 Å². The summed E-state index contributed by atoms with van der Waals surface area (Å²) in [4.78, 5) is 18.2. The number of aryl methyl sites for hydroxylation is 1. The fourth-order valence-corrected chi connectivity index (χ4v) is 4.80. The molecule has 0 aromatic carbocycles. The summed E-state index contributed by atoms with van der Waals surface area (Å²) in [6.45, 7) is 0.941. The normalized spacial score (nSPS) is 26.6. The van der Waals surface area contributed by atoms with Gasteiger partial charge in [0.1, 0.15) is 12.2 Å². The predicted octanol–water partition coefficient (Wildman–Crippen LogP) is 0.534. The number of piperidine rings is 1. The van der Waals surface area contributed by atoms with Gasteiger partial charge in [0.05, 0.1) is 6.33 Å².